The Labute approximate surface area is 302 Å². The summed E-state index contributed by atoms with van der Waals surface area (Å²) >= 11 is 0. The zero-order chi connectivity index (χ0) is 37.1. The molecule has 0 heterocycles. The van der Waals surface area contributed by atoms with Gasteiger partial charge in [0, 0.05) is 12.8 Å². The summed E-state index contributed by atoms with van der Waals surface area (Å²) in [7, 11) is -4.71. The fourth-order valence-electron chi connectivity index (χ4n) is 5.09. The van der Waals surface area contributed by atoms with E-state index in [2.05, 4.69) is 42.7 Å². The number of ether oxygens (including phenoxy) is 2. The van der Waals surface area contributed by atoms with Crippen LogP contribution in [0.4, 0.5) is 0 Å². The molecule has 3 atom stereocenters. The van der Waals surface area contributed by atoms with Crippen LogP contribution in [0.3, 0.4) is 0 Å². The van der Waals surface area contributed by atoms with E-state index >= 15 is 0 Å². The summed E-state index contributed by atoms with van der Waals surface area (Å²) in [5.74, 6) is -2.39. The van der Waals surface area contributed by atoms with Crippen molar-refractivity contribution in [2.75, 3.05) is 19.8 Å². The average Bonchev–Trinajstić information content (AvgIpc) is 3.09. The molecular weight excluding hydrogens is 661 g/mol. The first-order valence-corrected chi connectivity index (χ1v) is 20.9. The zero-order valence-electron chi connectivity index (χ0n) is 31.2. The number of carboxylic acids is 1. The predicted octanol–water partition coefficient (Wildman–Crippen LogP) is 9.50. The number of nitrogens with two attached hydrogens (primary N) is 1. The van der Waals surface area contributed by atoms with Gasteiger partial charge in [-0.3, -0.25) is 23.4 Å². The summed E-state index contributed by atoms with van der Waals surface area (Å²) in [6.45, 7) is 2.73. The van der Waals surface area contributed by atoms with Crippen LogP contribution in [0.15, 0.2) is 24.3 Å². The summed E-state index contributed by atoms with van der Waals surface area (Å²) in [4.78, 5) is 45.7. The number of hydrogen-bond donors (Lipinski definition) is 3. The van der Waals surface area contributed by atoms with Crippen molar-refractivity contribution >= 4 is 25.7 Å². The highest BCUT2D eigenvalue weighted by Crippen LogP contribution is 2.43. The maximum Gasteiger partial charge on any atom is 0.472 e. The van der Waals surface area contributed by atoms with Crippen LogP contribution in [0.5, 0.6) is 0 Å². The molecule has 0 amide bonds. The molecule has 12 heteroatoms. The molecule has 0 spiro atoms. The van der Waals surface area contributed by atoms with Crippen molar-refractivity contribution in [3.63, 3.8) is 0 Å². The molecule has 0 radical (unpaired) electrons. The first-order valence-electron chi connectivity index (χ1n) is 19.4. The van der Waals surface area contributed by atoms with Crippen LogP contribution >= 0.6 is 7.82 Å². The van der Waals surface area contributed by atoms with E-state index in [9.17, 15) is 23.8 Å². The number of phosphoric ester groups is 1. The van der Waals surface area contributed by atoms with Crippen molar-refractivity contribution in [3.8, 4) is 0 Å². The Morgan fingerprint density at radius 2 is 1.06 bits per heavy atom. The van der Waals surface area contributed by atoms with Gasteiger partial charge in [-0.15, -0.1) is 0 Å². The lowest BCUT2D eigenvalue weighted by atomic mass is 10.1. The number of carboxylic acid groups (broad SMARTS) is 1. The number of phosphoric acid groups is 1. The molecule has 1 unspecified atom stereocenters. The molecule has 50 heavy (non-hydrogen) atoms. The predicted molar refractivity (Wildman–Crippen MR) is 199 cm³/mol. The monoisotopic (exact) mass is 731 g/mol. The summed E-state index contributed by atoms with van der Waals surface area (Å²) in [6.07, 6.45) is 32.5. The fraction of sp³-hybridized carbons (Fsp3) is 0.816. The van der Waals surface area contributed by atoms with Crippen molar-refractivity contribution < 1.29 is 47.5 Å². The molecule has 0 rings (SSSR count). The van der Waals surface area contributed by atoms with Crippen molar-refractivity contribution in [2.24, 2.45) is 5.73 Å². The smallest absolute Gasteiger partial charge is 0.472 e. The number of aliphatic carboxylic acids is 1. The molecule has 0 aliphatic rings. The van der Waals surface area contributed by atoms with E-state index in [0.29, 0.717) is 12.8 Å². The normalized spacial score (nSPS) is 14.2. The fourth-order valence-corrected chi connectivity index (χ4v) is 5.87. The molecule has 0 aliphatic heterocycles. The minimum absolute atomic E-state index is 0.154. The molecule has 4 N–H and O–H groups in total. The highest BCUT2D eigenvalue weighted by atomic mass is 31.2. The van der Waals surface area contributed by atoms with Crippen molar-refractivity contribution in [1.29, 1.82) is 0 Å². The second kappa shape index (κ2) is 34.1. The van der Waals surface area contributed by atoms with E-state index in [4.69, 9.17) is 24.8 Å². The minimum atomic E-state index is -4.71. The Morgan fingerprint density at radius 3 is 1.60 bits per heavy atom. The summed E-state index contributed by atoms with van der Waals surface area (Å²) in [5, 5.41) is 8.85. The van der Waals surface area contributed by atoms with Gasteiger partial charge in [-0.1, -0.05) is 134 Å². The molecule has 0 bridgehead atoms. The second-order valence-electron chi connectivity index (χ2n) is 13.1. The van der Waals surface area contributed by atoms with Crippen molar-refractivity contribution in [1.82, 2.24) is 0 Å². The van der Waals surface area contributed by atoms with E-state index < -0.39 is 51.1 Å². The summed E-state index contributed by atoms with van der Waals surface area (Å²) in [5.41, 5.74) is 5.31. The maximum absolute atomic E-state index is 12.6. The molecular formula is C38H70NO10P. The Hall–Kier alpha value is -2.04. The number of hydrogen-bond acceptors (Lipinski definition) is 9. The van der Waals surface area contributed by atoms with E-state index in [-0.39, 0.29) is 19.4 Å². The SMILES string of the molecule is CCCCC/C=C/C/C=C/CCCCCCCCCC(=O)O[C@@H](COC(=O)CCCCCCCCCCC)COP(=O)(O)OC[C@H](N)C(=O)O. The Morgan fingerprint density at radius 1 is 0.620 bits per heavy atom. The molecule has 0 aromatic heterocycles. The lowest BCUT2D eigenvalue weighted by Gasteiger charge is -2.20. The first kappa shape index (κ1) is 48.0. The van der Waals surface area contributed by atoms with E-state index in [0.717, 1.165) is 57.8 Å². The van der Waals surface area contributed by atoms with Crippen LogP contribution in [-0.4, -0.2) is 59.9 Å². The van der Waals surface area contributed by atoms with Crippen LogP contribution in [0.2, 0.25) is 0 Å². The zero-order valence-corrected chi connectivity index (χ0v) is 32.1. The third-order valence-electron chi connectivity index (χ3n) is 8.20. The van der Waals surface area contributed by atoms with Gasteiger partial charge >= 0.3 is 25.7 Å². The van der Waals surface area contributed by atoms with Gasteiger partial charge in [-0.2, -0.15) is 0 Å². The van der Waals surface area contributed by atoms with E-state index in [1.165, 1.54) is 70.6 Å². The van der Waals surface area contributed by atoms with Crippen LogP contribution in [0.25, 0.3) is 0 Å². The number of unbranched alkanes of at least 4 members (excludes halogenated alkanes) is 18. The first-order chi connectivity index (χ1) is 24.1. The Bertz CT molecular complexity index is 958. The second-order valence-corrected chi connectivity index (χ2v) is 14.5. The number of rotatable bonds is 36. The molecule has 0 saturated heterocycles. The largest absolute Gasteiger partial charge is 0.480 e. The lowest BCUT2D eigenvalue weighted by molar-refractivity contribution is -0.161. The van der Waals surface area contributed by atoms with Crippen LogP contribution < -0.4 is 5.73 Å². The summed E-state index contributed by atoms with van der Waals surface area (Å²) in [6, 6.07) is -1.52. The number of carbonyl (C=O) groups excluding carboxylic acids is 2. The number of carbonyl (C=O) groups is 3. The summed E-state index contributed by atoms with van der Waals surface area (Å²) < 4.78 is 32.5. The van der Waals surface area contributed by atoms with Crippen LogP contribution in [0, 0.1) is 0 Å². The van der Waals surface area contributed by atoms with Gasteiger partial charge in [-0.05, 0) is 44.9 Å². The number of allylic oxidation sites excluding steroid dienone is 4. The lowest BCUT2D eigenvalue weighted by Crippen LogP contribution is -2.34. The molecule has 292 valence electrons. The van der Waals surface area contributed by atoms with Crippen molar-refractivity contribution in [3.05, 3.63) is 24.3 Å². The van der Waals surface area contributed by atoms with Gasteiger partial charge in [0.1, 0.15) is 12.6 Å². The van der Waals surface area contributed by atoms with Crippen molar-refractivity contribution in [2.45, 2.75) is 180 Å². The third-order valence-corrected chi connectivity index (χ3v) is 9.15. The Kier molecular flexibility index (Phi) is 32.7. The van der Waals surface area contributed by atoms with E-state index in [1.54, 1.807) is 0 Å². The molecule has 11 nitrogen and oxygen atoms in total. The van der Waals surface area contributed by atoms with Crippen LogP contribution in [-0.2, 0) is 37.5 Å². The standard InChI is InChI=1S/C38H70NO10P/c1-3-5-7-9-11-13-14-15-16-17-18-19-20-22-24-26-28-30-37(41)49-34(32-47-50(44,45)48-33-35(39)38(42)43)31-46-36(40)29-27-25-23-21-12-10-8-6-4-2/h11,13,15-16,34-35H,3-10,12,14,17-33,39H2,1-2H3,(H,42,43)(H,44,45)/b13-11+,16-15+/t34-,35-/m0/s1. The maximum atomic E-state index is 12.6. The molecule has 0 aromatic carbocycles. The number of esters is 2. The van der Waals surface area contributed by atoms with Crippen LogP contribution in [0.1, 0.15) is 168 Å². The van der Waals surface area contributed by atoms with Gasteiger partial charge in [0.25, 0.3) is 0 Å². The average molecular weight is 732 g/mol. The van der Waals surface area contributed by atoms with Gasteiger partial charge in [-0.25, -0.2) is 4.57 Å². The molecule has 0 saturated carbocycles. The van der Waals surface area contributed by atoms with E-state index in [1.807, 2.05) is 0 Å². The quantitative estimate of drug-likeness (QED) is 0.0242. The highest BCUT2D eigenvalue weighted by Gasteiger charge is 2.28. The topological polar surface area (TPSA) is 172 Å². The molecule has 0 aliphatic carbocycles. The van der Waals surface area contributed by atoms with Gasteiger partial charge in [0.05, 0.1) is 13.2 Å². The minimum Gasteiger partial charge on any atom is -0.480 e. The van der Waals surface area contributed by atoms with Gasteiger partial charge in [0.15, 0.2) is 6.10 Å². The van der Waals surface area contributed by atoms with Gasteiger partial charge < -0.3 is 25.2 Å². The highest BCUT2D eigenvalue weighted by molar-refractivity contribution is 7.47. The molecule has 0 fully saturated rings. The Balaban J connectivity index is 4.40. The third kappa shape index (κ3) is 33.1. The van der Waals surface area contributed by atoms with Gasteiger partial charge in [0.2, 0.25) is 0 Å². The molecule has 0 aromatic rings.